The van der Waals surface area contributed by atoms with E-state index < -0.39 is 0 Å². The number of amides is 1. The van der Waals surface area contributed by atoms with E-state index in [-0.39, 0.29) is 11.9 Å². The molecule has 1 fully saturated rings. The Kier molecular flexibility index (Phi) is 5.61. The number of anilines is 2. The third kappa shape index (κ3) is 4.36. The van der Waals surface area contributed by atoms with Crippen LogP contribution in [-0.2, 0) is 6.54 Å². The van der Waals surface area contributed by atoms with Gasteiger partial charge in [-0.05, 0) is 30.5 Å². The van der Waals surface area contributed by atoms with Crippen molar-refractivity contribution in [1.82, 2.24) is 15.3 Å². The fraction of sp³-hybridized carbons (Fsp3) is 0.261. The number of hydrogen-bond acceptors (Lipinski definition) is 4. The van der Waals surface area contributed by atoms with Crippen LogP contribution in [0.3, 0.4) is 0 Å². The Morgan fingerprint density at radius 2 is 1.54 bits per heavy atom. The van der Waals surface area contributed by atoms with Gasteiger partial charge in [0.1, 0.15) is 0 Å². The van der Waals surface area contributed by atoms with E-state index in [0.29, 0.717) is 18.1 Å². The van der Waals surface area contributed by atoms with Crippen LogP contribution in [0.1, 0.15) is 41.6 Å². The SMILES string of the molecule is O=C(NC1CCCC1)c1cnc(N(Cc2ccccc2)c2ccccc2)nc1. The highest BCUT2D eigenvalue weighted by Crippen LogP contribution is 2.24. The second-order valence-electron chi connectivity index (χ2n) is 7.13. The molecular formula is C23H24N4O. The van der Waals surface area contributed by atoms with E-state index in [0.717, 1.165) is 24.1 Å². The molecule has 3 aromatic rings. The van der Waals surface area contributed by atoms with Crippen molar-refractivity contribution < 1.29 is 4.79 Å². The largest absolute Gasteiger partial charge is 0.349 e. The van der Waals surface area contributed by atoms with Gasteiger partial charge in [0, 0.05) is 24.1 Å². The molecule has 1 aliphatic carbocycles. The van der Waals surface area contributed by atoms with E-state index in [1.165, 1.54) is 12.8 Å². The number of rotatable bonds is 6. The molecule has 0 radical (unpaired) electrons. The molecule has 5 nitrogen and oxygen atoms in total. The lowest BCUT2D eigenvalue weighted by Gasteiger charge is -2.23. The minimum Gasteiger partial charge on any atom is -0.349 e. The highest BCUT2D eigenvalue weighted by Gasteiger charge is 2.19. The smallest absolute Gasteiger partial charge is 0.254 e. The molecule has 0 unspecified atom stereocenters. The third-order valence-electron chi connectivity index (χ3n) is 5.08. The average molecular weight is 372 g/mol. The molecule has 0 saturated heterocycles. The van der Waals surface area contributed by atoms with Gasteiger partial charge in [0.05, 0.1) is 12.1 Å². The number of nitrogens with one attached hydrogen (secondary N) is 1. The van der Waals surface area contributed by atoms with Crippen molar-refractivity contribution in [3.05, 3.63) is 84.2 Å². The zero-order valence-corrected chi connectivity index (χ0v) is 15.8. The molecule has 0 atom stereocenters. The predicted molar refractivity (Wildman–Crippen MR) is 110 cm³/mol. The molecule has 5 heteroatoms. The Morgan fingerprint density at radius 1 is 0.929 bits per heavy atom. The third-order valence-corrected chi connectivity index (χ3v) is 5.08. The molecule has 1 heterocycles. The van der Waals surface area contributed by atoms with Gasteiger partial charge >= 0.3 is 0 Å². The van der Waals surface area contributed by atoms with Crippen molar-refractivity contribution in [2.45, 2.75) is 38.3 Å². The van der Waals surface area contributed by atoms with E-state index in [4.69, 9.17) is 0 Å². The van der Waals surface area contributed by atoms with E-state index in [1.807, 2.05) is 53.4 Å². The molecule has 142 valence electrons. The topological polar surface area (TPSA) is 58.1 Å². The van der Waals surface area contributed by atoms with Gasteiger partial charge in [0.15, 0.2) is 0 Å². The second kappa shape index (κ2) is 8.65. The van der Waals surface area contributed by atoms with Crippen LogP contribution in [0.4, 0.5) is 11.6 Å². The van der Waals surface area contributed by atoms with Crippen LogP contribution in [0.15, 0.2) is 73.1 Å². The number of aromatic nitrogens is 2. The molecule has 0 aliphatic heterocycles. The lowest BCUT2D eigenvalue weighted by molar-refractivity contribution is 0.0937. The van der Waals surface area contributed by atoms with E-state index in [2.05, 4.69) is 27.4 Å². The van der Waals surface area contributed by atoms with Gasteiger partial charge in [-0.15, -0.1) is 0 Å². The van der Waals surface area contributed by atoms with Gasteiger partial charge in [-0.1, -0.05) is 61.4 Å². The van der Waals surface area contributed by atoms with Crippen molar-refractivity contribution in [1.29, 1.82) is 0 Å². The Balaban J connectivity index is 1.55. The zero-order chi connectivity index (χ0) is 19.2. The summed E-state index contributed by atoms with van der Waals surface area (Å²) in [7, 11) is 0. The maximum Gasteiger partial charge on any atom is 0.254 e. The van der Waals surface area contributed by atoms with Crippen LogP contribution >= 0.6 is 0 Å². The van der Waals surface area contributed by atoms with Gasteiger partial charge in [-0.25, -0.2) is 9.97 Å². The van der Waals surface area contributed by atoms with Gasteiger partial charge in [-0.3, -0.25) is 4.79 Å². The van der Waals surface area contributed by atoms with Crippen LogP contribution in [0.2, 0.25) is 0 Å². The Bertz CT molecular complexity index is 891. The molecule has 1 aromatic heterocycles. The van der Waals surface area contributed by atoms with Crippen molar-refractivity contribution in [2.75, 3.05) is 4.90 Å². The Labute approximate surface area is 165 Å². The molecule has 1 N–H and O–H groups in total. The maximum absolute atomic E-state index is 12.4. The number of carbonyl (C=O) groups is 1. The highest BCUT2D eigenvalue weighted by molar-refractivity contribution is 5.93. The molecule has 1 saturated carbocycles. The summed E-state index contributed by atoms with van der Waals surface area (Å²) in [6.45, 7) is 0.651. The Hall–Kier alpha value is -3.21. The zero-order valence-electron chi connectivity index (χ0n) is 15.8. The van der Waals surface area contributed by atoms with Crippen molar-refractivity contribution in [3.8, 4) is 0 Å². The summed E-state index contributed by atoms with van der Waals surface area (Å²) >= 11 is 0. The van der Waals surface area contributed by atoms with Crippen LogP contribution in [0, 0.1) is 0 Å². The monoisotopic (exact) mass is 372 g/mol. The van der Waals surface area contributed by atoms with E-state index in [1.54, 1.807) is 12.4 Å². The standard InChI is InChI=1S/C23H24N4O/c28-22(26-20-11-7-8-12-20)19-15-24-23(25-16-19)27(21-13-5-2-6-14-21)17-18-9-3-1-4-10-18/h1-6,9-10,13-16,20H,7-8,11-12,17H2,(H,26,28). The summed E-state index contributed by atoms with van der Waals surface area (Å²) in [5.41, 5.74) is 2.68. The van der Waals surface area contributed by atoms with E-state index >= 15 is 0 Å². The van der Waals surface area contributed by atoms with Gasteiger partial charge < -0.3 is 10.2 Å². The normalized spacial score (nSPS) is 14.0. The Morgan fingerprint density at radius 3 is 2.18 bits per heavy atom. The van der Waals surface area contributed by atoms with Crippen LogP contribution in [0.25, 0.3) is 0 Å². The quantitative estimate of drug-likeness (QED) is 0.693. The fourth-order valence-corrected chi connectivity index (χ4v) is 3.57. The summed E-state index contributed by atoms with van der Waals surface area (Å²) in [6, 6.07) is 20.6. The molecule has 28 heavy (non-hydrogen) atoms. The lowest BCUT2D eigenvalue weighted by atomic mass is 10.2. The molecular weight excluding hydrogens is 348 g/mol. The molecule has 4 rings (SSSR count). The predicted octanol–water partition coefficient (Wildman–Crippen LogP) is 4.49. The number of nitrogens with zero attached hydrogens (tertiary/aromatic N) is 3. The lowest BCUT2D eigenvalue weighted by Crippen LogP contribution is -2.32. The molecule has 0 bridgehead atoms. The molecule has 2 aromatic carbocycles. The number of hydrogen-bond donors (Lipinski definition) is 1. The number of para-hydroxylation sites is 1. The summed E-state index contributed by atoms with van der Waals surface area (Å²) in [6.07, 6.45) is 7.73. The minimum absolute atomic E-state index is 0.0900. The van der Waals surface area contributed by atoms with Crippen molar-refractivity contribution in [3.63, 3.8) is 0 Å². The van der Waals surface area contributed by atoms with E-state index in [9.17, 15) is 4.79 Å². The van der Waals surface area contributed by atoms with Crippen molar-refractivity contribution in [2.24, 2.45) is 0 Å². The van der Waals surface area contributed by atoms with Crippen LogP contribution in [0.5, 0.6) is 0 Å². The summed E-state index contributed by atoms with van der Waals surface area (Å²) in [4.78, 5) is 23.5. The first-order valence-corrected chi connectivity index (χ1v) is 9.79. The molecule has 1 amide bonds. The highest BCUT2D eigenvalue weighted by atomic mass is 16.1. The average Bonchev–Trinajstić information content (AvgIpc) is 3.26. The van der Waals surface area contributed by atoms with Gasteiger partial charge in [0.2, 0.25) is 5.95 Å². The first-order chi connectivity index (χ1) is 13.8. The first-order valence-electron chi connectivity index (χ1n) is 9.79. The van der Waals surface area contributed by atoms with Gasteiger partial charge in [-0.2, -0.15) is 0 Å². The fourth-order valence-electron chi connectivity index (χ4n) is 3.57. The maximum atomic E-state index is 12.4. The van der Waals surface area contributed by atoms with Crippen LogP contribution in [-0.4, -0.2) is 21.9 Å². The first kappa shape index (κ1) is 18.2. The summed E-state index contributed by atoms with van der Waals surface area (Å²) < 4.78 is 0. The molecule has 1 aliphatic rings. The number of carbonyl (C=O) groups excluding carboxylic acids is 1. The van der Waals surface area contributed by atoms with Crippen LogP contribution < -0.4 is 10.2 Å². The van der Waals surface area contributed by atoms with Crippen molar-refractivity contribution >= 4 is 17.5 Å². The van der Waals surface area contributed by atoms with Gasteiger partial charge in [0.25, 0.3) is 5.91 Å². The number of benzene rings is 2. The summed E-state index contributed by atoms with van der Waals surface area (Å²) in [5.74, 6) is 0.486. The molecule has 0 spiro atoms. The minimum atomic E-state index is -0.0900. The summed E-state index contributed by atoms with van der Waals surface area (Å²) in [5, 5.41) is 3.08. The second-order valence-corrected chi connectivity index (χ2v) is 7.13.